The highest BCUT2D eigenvalue weighted by Crippen LogP contribution is 2.34. The van der Waals surface area contributed by atoms with Crippen LogP contribution in [0.15, 0.2) is 0 Å². The molecule has 3 nitrogen and oxygen atoms in total. The molecule has 0 aromatic carbocycles. The lowest BCUT2D eigenvalue weighted by molar-refractivity contribution is -0.162. The maximum absolute atomic E-state index is 11.9. The molecule has 6 heteroatoms. The van der Waals surface area contributed by atoms with Crippen LogP contribution in [0.25, 0.3) is 0 Å². The summed E-state index contributed by atoms with van der Waals surface area (Å²) in [5, 5.41) is 0. The Morgan fingerprint density at radius 2 is 1.72 bits per heavy atom. The third kappa shape index (κ3) is 4.74. The van der Waals surface area contributed by atoms with Gasteiger partial charge in [0.05, 0.1) is 0 Å². The summed E-state index contributed by atoms with van der Waals surface area (Å²) in [4.78, 5) is 12.8. The molecule has 18 heavy (non-hydrogen) atoms. The van der Waals surface area contributed by atoms with Crippen molar-refractivity contribution in [1.82, 2.24) is 4.90 Å². The Hall–Kier alpha value is -0.940. The molecule has 1 rings (SSSR count). The van der Waals surface area contributed by atoms with Crippen molar-refractivity contribution in [2.75, 3.05) is 19.7 Å². The molecule has 0 spiro atoms. The maximum Gasteiger partial charge on any atom is 0.422 e. The molecule has 0 unspecified atom stereocenters. The Bertz CT molecular complexity index is 289. The molecule has 0 aromatic rings. The first-order valence-electron chi connectivity index (χ1n) is 6.08. The second-order valence-corrected chi connectivity index (χ2v) is 5.80. The van der Waals surface area contributed by atoms with E-state index in [-0.39, 0.29) is 5.41 Å². The van der Waals surface area contributed by atoms with Crippen LogP contribution in [0.1, 0.15) is 33.6 Å². The van der Waals surface area contributed by atoms with Gasteiger partial charge in [0.2, 0.25) is 0 Å². The Morgan fingerprint density at radius 1 is 1.22 bits per heavy atom. The number of halogens is 3. The van der Waals surface area contributed by atoms with Crippen LogP contribution in [-0.4, -0.2) is 36.9 Å². The molecule has 0 saturated carbocycles. The van der Waals surface area contributed by atoms with Crippen LogP contribution < -0.4 is 0 Å². The molecule has 1 amide bonds. The molecule has 1 fully saturated rings. The quantitative estimate of drug-likeness (QED) is 0.728. The van der Waals surface area contributed by atoms with Gasteiger partial charge in [0.1, 0.15) is 0 Å². The molecule has 0 bridgehead atoms. The first-order valence-corrected chi connectivity index (χ1v) is 6.08. The molecule has 106 valence electrons. The lowest BCUT2D eigenvalue weighted by atomic mass is 9.75. The van der Waals surface area contributed by atoms with E-state index in [4.69, 9.17) is 0 Å². The van der Waals surface area contributed by atoms with Crippen LogP contribution in [0.4, 0.5) is 18.0 Å². The largest absolute Gasteiger partial charge is 0.440 e. The predicted molar refractivity (Wildman–Crippen MR) is 61.2 cm³/mol. The summed E-state index contributed by atoms with van der Waals surface area (Å²) in [6, 6.07) is 0. The fourth-order valence-electron chi connectivity index (χ4n) is 2.16. The number of carbonyl (C=O) groups excluding carboxylic acids is 1. The van der Waals surface area contributed by atoms with Gasteiger partial charge in [-0.05, 0) is 24.2 Å². The van der Waals surface area contributed by atoms with Crippen molar-refractivity contribution in [3.63, 3.8) is 0 Å². The van der Waals surface area contributed by atoms with E-state index in [1.54, 1.807) is 0 Å². The number of hydrogen-bond donors (Lipinski definition) is 0. The van der Waals surface area contributed by atoms with Crippen LogP contribution in [0.5, 0.6) is 0 Å². The van der Waals surface area contributed by atoms with Crippen molar-refractivity contribution in [3.05, 3.63) is 0 Å². The standard InChI is InChI=1S/C12H20F3NO2/c1-11(2,3)9-4-6-16(7-5-9)10(17)18-8-12(13,14)15/h9H,4-8H2,1-3H3. The highest BCUT2D eigenvalue weighted by Gasteiger charge is 2.33. The maximum atomic E-state index is 11.9. The zero-order chi connectivity index (χ0) is 14.0. The molecule has 0 radical (unpaired) electrons. The van der Waals surface area contributed by atoms with E-state index >= 15 is 0 Å². The van der Waals surface area contributed by atoms with Crippen LogP contribution >= 0.6 is 0 Å². The molecule has 0 N–H and O–H groups in total. The molecule has 1 aliphatic rings. The zero-order valence-electron chi connectivity index (χ0n) is 11.0. The zero-order valence-corrected chi connectivity index (χ0v) is 11.0. The number of amides is 1. The number of ether oxygens (including phenoxy) is 1. The van der Waals surface area contributed by atoms with E-state index in [1.165, 1.54) is 4.90 Å². The van der Waals surface area contributed by atoms with Gasteiger partial charge >= 0.3 is 12.3 Å². The molecule has 1 saturated heterocycles. The fraction of sp³-hybridized carbons (Fsp3) is 0.917. The van der Waals surface area contributed by atoms with Gasteiger partial charge in [-0.25, -0.2) is 4.79 Å². The fourth-order valence-corrected chi connectivity index (χ4v) is 2.16. The van der Waals surface area contributed by atoms with Gasteiger partial charge in [-0.15, -0.1) is 0 Å². The molecule has 1 heterocycles. The summed E-state index contributed by atoms with van der Waals surface area (Å²) in [5.74, 6) is 0.490. The summed E-state index contributed by atoms with van der Waals surface area (Å²) in [7, 11) is 0. The minimum Gasteiger partial charge on any atom is -0.440 e. The third-order valence-corrected chi connectivity index (χ3v) is 3.34. The van der Waals surface area contributed by atoms with Crippen molar-refractivity contribution in [3.8, 4) is 0 Å². The Labute approximate surface area is 105 Å². The second-order valence-electron chi connectivity index (χ2n) is 5.80. The second kappa shape index (κ2) is 5.36. The number of piperidine rings is 1. The van der Waals surface area contributed by atoms with Gasteiger partial charge in [-0.1, -0.05) is 20.8 Å². The van der Waals surface area contributed by atoms with Crippen LogP contribution in [0.3, 0.4) is 0 Å². The first kappa shape index (κ1) is 15.1. The van der Waals surface area contributed by atoms with E-state index in [2.05, 4.69) is 25.5 Å². The lowest BCUT2D eigenvalue weighted by Crippen LogP contribution is -2.42. The van der Waals surface area contributed by atoms with Crippen molar-refractivity contribution < 1.29 is 22.7 Å². The molecule has 0 atom stereocenters. The van der Waals surface area contributed by atoms with Gasteiger partial charge in [0, 0.05) is 13.1 Å². The van der Waals surface area contributed by atoms with Crippen LogP contribution in [0.2, 0.25) is 0 Å². The summed E-state index contributed by atoms with van der Waals surface area (Å²) >= 11 is 0. The summed E-state index contributed by atoms with van der Waals surface area (Å²) in [6.45, 7) is 5.84. The Kier molecular flexibility index (Phi) is 4.50. The number of likely N-dealkylation sites (tertiary alicyclic amines) is 1. The van der Waals surface area contributed by atoms with Gasteiger partial charge in [0.15, 0.2) is 6.61 Å². The highest BCUT2D eigenvalue weighted by atomic mass is 19.4. The van der Waals surface area contributed by atoms with Gasteiger partial charge in [-0.3, -0.25) is 0 Å². The Balaban J connectivity index is 2.37. The SMILES string of the molecule is CC(C)(C)C1CCN(C(=O)OCC(F)(F)F)CC1. The smallest absolute Gasteiger partial charge is 0.422 e. The summed E-state index contributed by atoms with van der Waals surface area (Å²) < 4.78 is 39.9. The van der Waals surface area contributed by atoms with Gasteiger partial charge in [-0.2, -0.15) is 13.2 Å². The van der Waals surface area contributed by atoms with Crippen molar-refractivity contribution in [2.24, 2.45) is 11.3 Å². The molecular weight excluding hydrogens is 247 g/mol. The predicted octanol–water partition coefficient (Wildman–Crippen LogP) is 3.44. The minimum absolute atomic E-state index is 0.169. The van der Waals surface area contributed by atoms with Crippen molar-refractivity contribution >= 4 is 6.09 Å². The van der Waals surface area contributed by atoms with E-state index in [0.29, 0.717) is 19.0 Å². The van der Waals surface area contributed by atoms with Crippen molar-refractivity contribution in [2.45, 2.75) is 39.8 Å². The van der Waals surface area contributed by atoms with E-state index < -0.39 is 18.9 Å². The first-order chi connectivity index (χ1) is 8.09. The average molecular weight is 267 g/mol. The van der Waals surface area contributed by atoms with Crippen LogP contribution in [-0.2, 0) is 4.74 Å². The minimum atomic E-state index is -4.46. The summed E-state index contributed by atoms with van der Waals surface area (Å²) in [5.41, 5.74) is 0.169. The van der Waals surface area contributed by atoms with E-state index in [1.807, 2.05) is 0 Å². The molecular formula is C12H20F3NO2. The van der Waals surface area contributed by atoms with E-state index in [9.17, 15) is 18.0 Å². The number of nitrogens with zero attached hydrogens (tertiary/aromatic N) is 1. The Morgan fingerprint density at radius 3 is 2.11 bits per heavy atom. The van der Waals surface area contributed by atoms with E-state index in [0.717, 1.165) is 12.8 Å². The summed E-state index contributed by atoms with van der Waals surface area (Å²) in [6.07, 6.45) is -3.70. The number of alkyl halides is 3. The monoisotopic (exact) mass is 267 g/mol. The lowest BCUT2D eigenvalue weighted by Gasteiger charge is -2.38. The van der Waals surface area contributed by atoms with Crippen molar-refractivity contribution in [1.29, 1.82) is 0 Å². The number of carbonyl (C=O) groups is 1. The average Bonchev–Trinajstić information content (AvgIpc) is 2.24. The molecule has 1 aliphatic heterocycles. The van der Waals surface area contributed by atoms with Crippen LogP contribution in [0, 0.1) is 11.3 Å². The van der Waals surface area contributed by atoms with Gasteiger partial charge < -0.3 is 9.64 Å². The number of hydrogen-bond acceptors (Lipinski definition) is 2. The highest BCUT2D eigenvalue weighted by molar-refractivity contribution is 5.67. The number of rotatable bonds is 1. The normalized spacial score (nSPS) is 18.9. The third-order valence-electron chi connectivity index (χ3n) is 3.34. The topological polar surface area (TPSA) is 29.5 Å². The molecule has 0 aromatic heterocycles. The molecule has 0 aliphatic carbocycles. The van der Waals surface area contributed by atoms with Gasteiger partial charge in [0.25, 0.3) is 0 Å².